The van der Waals surface area contributed by atoms with E-state index in [4.69, 9.17) is 0 Å². The Kier molecular flexibility index (Phi) is 3.73. The van der Waals surface area contributed by atoms with Crippen LogP contribution in [0.15, 0.2) is 42.5 Å². The maximum atomic E-state index is 12.8. The first-order valence-electron chi connectivity index (χ1n) is 9.79. The standard InChI is InChI=1S/C22H24N2O2/c25-20-12-17(22(26)23-21(15-8-9-15)16-10-11-16)13-24(20)19-7-3-5-14-4-1-2-6-18(14)19/h1-7,15-17,21H,8-13H2,(H,23,26)/t17-/m0/s1. The van der Waals surface area contributed by atoms with Crippen molar-refractivity contribution in [2.24, 2.45) is 17.8 Å². The lowest BCUT2D eigenvalue weighted by Gasteiger charge is -2.21. The lowest BCUT2D eigenvalue weighted by atomic mass is 10.0. The molecule has 1 N–H and O–H groups in total. The fourth-order valence-electron chi connectivity index (χ4n) is 4.37. The second-order valence-electron chi connectivity index (χ2n) is 8.11. The SMILES string of the molecule is O=C(NC(C1CC1)C1CC1)[C@H]1CC(=O)N(c2cccc3ccccc23)C1. The minimum Gasteiger partial charge on any atom is -0.353 e. The molecule has 5 rings (SSSR count). The average molecular weight is 348 g/mol. The monoisotopic (exact) mass is 348 g/mol. The molecule has 134 valence electrons. The van der Waals surface area contributed by atoms with Crippen LogP contribution in [0.3, 0.4) is 0 Å². The summed E-state index contributed by atoms with van der Waals surface area (Å²) in [6, 6.07) is 14.5. The predicted octanol–water partition coefficient (Wildman–Crippen LogP) is 3.50. The topological polar surface area (TPSA) is 49.4 Å². The number of benzene rings is 2. The molecule has 0 spiro atoms. The molecular weight excluding hydrogens is 324 g/mol. The Morgan fingerprint density at radius 3 is 2.42 bits per heavy atom. The Bertz CT molecular complexity index is 852. The number of amides is 2. The van der Waals surface area contributed by atoms with Crippen LogP contribution in [0, 0.1) is 17.8 Å². The van der Waals surface area contributed by atoms with E-state index in [1.807, 2.05) is 30.3 Å². The molecule has 3 aliphatic rings. The third-order valence-electron chi connectivity index (χ3n) is 6.12. The molecule has 3 fully saturated rings. The van der Waals surface area contributed by atoms with E-state index in [-0.39, 0.29) is 17.7 Å². The Balaban J connectivity index is 1.34. The van der Waals surface area contributed by atoms with Crippen molar-refractivity contribution < 1.29 is 9.59 Å². The number of hydrogen-bond acceptors (Lipinski definition) is 2. The van der Waals surface area contributed by atoms with Gasteiger partial charge in [0.15, 0.2) is 0 Å². The van der Waals surface area contributed by atoms with Gasteiger partial charge in [-0.3, -0.25) is 9.59 Å². The van der Waals surface area contributed by atoms with Gasteiger partial charge < -0.3 is 10.2 Å². The molecule has 1 heterocycles. The number of anilines is 1. The quantitative estimate of drug-likeness (QED) is 0.899. The summed E-state index contributed by atoms with van der Waals surface area (Å²) < 4.78 is 0. The summed E-state index contributed by atoms with van der Waals surface area (Å²) in [7, 11) is 0. The zero-order chi connectivity index (χ0) is 17.7. The molecule has 0 bridgehead atoms. The van der Waals surface area contributed by atoms with Crippen LogP contribution < -0.4 is 10.2 Å². The van der Waals surface area contributed by atoms with Crippen molar-refractivity contribution in [3.8, 4) is 0 Å². The molecule has 2 aliphatic carbocycles. The van der Waals surface area contributed by atoms with Crippen LogP contribution in [-0.2, 0) is 9.59 Å². The molecule has 2 saturated carbocycles. The Labute approximate surface area is 153 Å². The van der Waals surface area contributed by atoms with Crippen LogP contribution in [0.25, 0.3) is 10.8 Å². The molecule has 1 saturated heterocycles. The number of nitrogens with one attached hydrogen (secondary N) is 1. The van der Waals surface area contributed by atoms with Crippen molar-refractivity contribution in [1.29, 1.82) is 0 Å². The fourth-order valence-corrected chi connectivity index (χ4v) is 4.37. The minimum atomic E-state index is -0.235. The van der Waals surface area contributed by atoms with E-state index in [0.29, 0.717) is 30.8 Å². The molecule has 0 radical (unpaired) electrons. The highest BCUT2D eigenvalue weighted by Gasteiger charge is 2.44. The number of carbonyl (C=O) groups is 2. The first kappa shape index (κ1) is 15.9. The van der Waals surface area contributed by atoms with Gasteiger partial charge in [-0.25, -0.2) is 0 Å². The highest BCUT2D eigenvalue weighted by molar-refractivity contribution is 6.07. The van der Waals surface area contributed by atoms with E-state index in [9.17, 15) is 9.59 Å². The van der Waals surface area contributed by atoms with Gasteiger partial charge in [0.1, 0.15) is 0 Å². The number of carbonyl (C=O) groups excluding carboxylic acids is 2. The molecule has 0 aromatic heterocycles. The summed E-state index contributed by atoms with van der Waals surface area (Å²) in [5, 5.41) is 5.48. The Morgan fingerprint density at radius 1 is 1.00 bits per heavy atom. The van der Waals surface area contributed by atoms with Crippen LogP contribution in [0.2, 0.25) is 0 Å². The van der Waals surface area contributed by atoms with Crippen LogP contribution in [0.4, 0.5) is 5.69 Å². The lowest BCUT2D eigenvalue weighted by molar-refractivity contribution is -0.127. The van der Waals surface area contributed by atoms with E-state index in [2.05, 4.69) is 17.4 Å². The first-order valence-corrected chi connectivity index (χ1v) is 9.79. The van der Waals surface area contributed by atoms with Gasteiger partial charge in [-0.15, -0.1) is 0 Å². The van der Waals surface area contributed by atoms with E-state index >= 15 is 0 Å². The van der Waals surface area contributed by atoms with E-state index in [1.54, 1.807) is 4.90 Å². The van der Waals surface area contributed by atoms with Crippen LogP contribution in [0.1, 0.15) is 32.1 Å². The maximum absolute atomic E-state index is 12.8. The van der Waals surface area contributed by atoms with Gasteiger partial charge in [-0.2, -0.15) is 0 Å². The summed E-state index contributed by atoms with van der Waals surface area (Å²) >= 11 is 0. The molecule has 4 nitrogen and oxygen atoms in total. The minimum absolute atomic E-state index is 0.0518. The third-order valence-corrected chi connectivity index (χ3v) is 6.12. The normalized spacial score (nSPS) is 23.0. The predicted molar refractivity (Wildman–Crippen MR) is 102 cm³/mol. The van der Waals surface area contributed by atoms with Crippen molar-refractivity contribution in [2.45, 2.75) is 38.1 Å². The third kappa shape index (κ3) is 2.87. The van der Waals surface area contributed by atoms with Gasteiger partial charge in [0.2, 0.25) is 11.8 Å². The molecule has 2 amide bonds. The van der Waals surface area contributed by atoms with Crippen molar-refractivity contribution in [2.75, 3.05) is 11.4 Å². The second kappa shape index (κ2) is 6.11. The maximum Gasteiger partial charge on any atom is 0.227 e. The van der Waals surface area contributed by atoms with Crippen LogP contribution >= 0.6 is 0 Å². The van der Waals surface area contributed by atoms with Gasteiger partial charge in [-0.05, 0) is 49.0 Å². The molecule has 1 atom stereocenters. The molecule has 26 heavy (non-hydrogen) atoms. The van der Waals surface area contributed by atoms with Gasteiger partial charge in [-0.1, -0.05) is 36.4 Å². The smallest absolute Gasteiger partial charge is 0.227 e. The van der Waals surface area contributed by atoms with Crippen LogP contribution in [0.5, 0.6) is 0 Å². The van der Waals surface area contributed by atoms with E-state index in [0.717, 1.165) is 16.5 Å². The summed E-state index contributed by atoms with van der Waals surface area (Å²) in [6.07, 6.45) is 5.29. The number of hydrogen-bond donors (Lipinski definition) is 1. The highest BCUT2D eigenvalue weighted by atomic mass is 16.2. The zero-order valence-corrected chi connectivity index (χ0v) is 14.9. The number of fused-ring (bicyclic) bond motifs is 1. The number of rotatable bonds is 5. The average Bonchev–Trinajstić information content (AvgIpc) is 3.57. The summed E-state index contributed by atoms with van der Waals surface area (Å²) in [4.78, 5) is 27.3. The highest BCUT2D eigenvalue weighted by Crippen LogP contribution is 2.44. The Morgan fingerprint density at radius 2 is 1.69 bits per heavy atom. The van der Waals surface area contributed by atoms with E-state index in [1.165, 1.54) is 25.7 Å². The number of nitrogens with zero attached hydrogens (tertiary/aromatic N) is 1. The summed E-state index contributed by atoms with van der Waals surface area (Å²) in [5.74, 6) is 1.25. The molecule has 1 aliphatic heterocycles. The second-order valence-corrected chi connectivity index (χ2v) is 8.11. The molecule has 4 heteroatoms. The van der Waals surface area contributed by atoms with Gasteiger partial charge in [0.05, 0.1) is 11.6 Å². The summed E-state index contributed by atoms with van der Waals surface area (Å²) in [6.45, 7) is 0.487. The van der Waals surface area contributed by atoms with E-state index < -0.39 is 0 Å². The fraction of sp³-hybridized carbons (Fsp3) is 0.455. The van der Waals surface area contributed by atoms with Crippen molar-refractivity contribution >= 4 is 28.3 Å². The summed E-state index contributed by atoms with van der Waals surface area (Å²) in [5.41, 5.74) is 0.921. The van der Waals surface area contributed by atoms with Crippen molar-refractivity contribution in [3.63, 3.8) is 0 Å². The molecule has 2 aromatic rings. The Hall–Kier alpha value is -2.36. The largest absolute Gasteiger partial charge is 0.353 e. The first-order chi connectivity index (χ1) is 12.7. The molecule has 0 unspecified atom stereocenters. The van der Waals surface area contributed by atoms with Gasteiger partial charge in [0, 0.05) is 24.4 Å². The van der Waals surface area contributed by atoms with Gasteiger partial charge >= 0.3 is 0 Å². The zero-order valence-electron chi connectivity index (χ0n) is 14.9. The van der Waals surface area contributed by atoms with Crippen LogP contribution in [-0.4, -0.2) is 24.4 Å². The van der Waals surface area contributed by atoms with Crippen molar-refractivity contribution in [3.05, 3.63) is 42.5 Å². The van der Waals surface area contributed by atoms with Gasteiger partial charge in [0.25, 0.3) is 0 Å². The lowest BCUT2D eigenvalue weighted by Crippen LogP contribution is -2.42. The molecule has 2 aromatic carbocycles. The molecular formula is C22H24N2O2. The van der Waals surface area contributed by atoms with Crippen molar-refractivity contribution in [1.82, 2.24) is 5.32 Å².